The molecule has 0 aromatic heterocycles. The number of rotatable bonds is 12. The Morgan fingerprint density at radius 2 is 1.33 bits per heavy atom. The van der Waals surface area contributed by atoms with Gasteiger partial charge in [-0.15, -0.1) is 0 Å². The fourth-order valence-corrected chi connectivity index (χ4v) is 1.33. The predicted octanol–water partition coefficient (Wildman–Crippen LogP) is -14.1. The van der Waals surface area contributed by atoms with Gasteiger partial charge in [0.2, 0.25) is 0 Å². The molecule has 0 unspecified atom stereocenters. The van der Waals surface area contributed by atoms with Crippen LogP contribution in [0, 0.1) is 0 Å². The molecule has 0 heterocycles. The van der Waals surface area contributed by atoms with Crippen LogP contribution >= 0.6 is 0 Å². The average molecular weight is 334 g/mol. The Hall–Kier alpha value is 2.19. The number of nitrogens with zero attached hydrogens (tertiary/aromatic N) is 2. The summed E-state index contributed by atoms with van der Waals surface area (Å²) in [4.78, 5) is 20.6. The number of carbonyl (C=O) groups is 1. The second kappa shape index (κ2) is 22.2. The zero-order valence-corrected chi connectivity index (χ0v) is 18.9. The zero-order valence-electron chi connectivity index (χ0n) is 12.9. The topological polar surface area (TPSA) is 131 Å². The van der Waals surface area contributed by atoms with E-state index in [4.69, 9.17) is 5.11 Å². The van der Waals surface area contributed by atoms with Crippen molar-refractivity contribution in [2.45, 2.75) is 0 Å². The third-order valence-corrected chi connectivity index (χ3v) is 2.27. The minimum atomic E-state index is -1.29. The molecule has 0 spiro atoms. The van der Waals surface area contributed by atoms with Crippen LogP contribution in [-0.4, -0.2) is 73.5 Å². The molecule has 21 heavy (non-hydrogen) atoms. The van der Waals surface area contributed by atoms with E-state index in [-0.39, 0.29) is 128 Å². The molecule has 0 aliphatic heterocycles. The maximum absolute atomic E-state index is 10.4. The molecule has 0 rings (SSSR count). The maximum Gasteiger partial charge on any atom is 1.00 e. The van der Waals surface area contributed by atoms with Crippen LogP contribution in [0.2, 0.25) is 0 Å². The van der Waals surface area contributed by atoms with E-state index in [0.717, 1.165) is 0 Å². The van der Waals surface area contributed by atoms with Crippen LogP contribution in [0.4, 0.5) is 0 Å². The van der Waals surface area contributed by atoms with Gasteiger partial charge < -0.3 is 35.3 Å². The van der Waals surface area contributed by atoms with Gasteiger partial charge in [-0.1, -0.05) is 0 Å². The molecular formula is C9H17N2Na3O7. The van der Waals surface area contributed by atoms with Crippen LogP contribution in [-0.2, 0) is 14.6 Å². The SMILES string of the molecule is O=C([O-])CN(CO)CCN(CCO[O-])CCO[O-].[Na+].[Na+].[Na+]. The molecule has 9 nitrogen and oxygen atoms in total. The molecule has 1 N–H and O–H groups in total. The summed E-state index contributed by atoms with van der Waals surface area (Å²) in [6.07, 6.45) is 0. The number of aliphatic carboxylic acids is 1. The van der Waals surface area contributed by atoms with E-state index in [1.807, 2.05) is 0 Å². The summed E-state index contributed by atoms with van der Waals surface area (Å²) < 4.78 is 0. The second-order valence-electron chi connectivity index (χ2n) is 3.55. The van der Waals surface area contributed by atoms with Crippen molar-refractivity contribution in [3.8, 4) is 0 Å². The molecule has 12 heteroatoms. The van der Waals surface area contributed by atoms with Crippen molar-refractivity contribution in [3.05, 3.63) is 0 Å². The minimum Gasteiger partial charge on any atom is -0.723 e. The summed E-state index contributed by atoms with van der Waals surface area (Å²) in [6, 6.07) is 0. The minimum absolute atomic E-state index is 0. The molecule has 0 aromatic carbocycles. The molecule has 0 saturated carbocycles. The van der Waals surface area contributed by atoms with Gasteiger partial charge in [0.1, 0.15) is 0 Å². The first-order chi connectivity index (χ1) is 8.63. The number of aliphatic hydroxyl groups excluding tert-OH is 1. The molecular weight excluding hydrogens is 317 g/mol. The smallest absolute Gasteiger partial charge is 0.723 e. The van der Waals surface area contributed by atoms with Crippen LogP contribution in [0.5, 0.6) is 0 Å². The molecule has 0 aromatic rings. The van der Waals surface area contributed by atoms with Crippen LogP contribution < -0.4 is 104 Å². The predicted molar refractivity (Wildman–Crippen MR) is 52.0 cm³/mol. The summed E-state index contributed by atoms with van der Waals surface area (Å²) in [5.41, 5.74) is 0. The first kappa shape index (κ1) is 31.0. The van der Waals surface area contributed by atoms with E-state index >= 15 is 0 Å². The van der Waals surface area contributed by atoms with E-state index in [1.54, 1.807) is 4.90 Å². The Morgan fingerprint density at radius 1 is 0.905 bits per heavy atom. The second-order valence-corrected chi connectivity index (χ2v) is 3.55. The fourth-order valence-electron chi connectivity index (χ4n) is 1.33. The maximum atomic E-state index is 10.4. The Morgan fingerprint density at radius 3 is 1.67 bits per heavy atom. The van der Waals surface area contributed by atoms with Crippen LogP contribution in [0.25, 0.3) is 0 Å². The third-order valence-electron chi connectivity index (χ3n) is 2.27. The van der Waals surface area contributed by atoms with E-state index in [9.17, 15) is 20.4 Å². The molecule has 0 fully saturated rings. The molecule has 0 amide bonds. The Kier molecular flexibility index (Phi) is 32.8. The van der Waals surface area contributed by atoms with Gasteiger partial charge in [-0.2, -0.15) is 0 Å². The van der Waals surface area contributed by atoms with Crippen LogP contribution in [0.3, 0.4) is 0 Å². The Bertz CT molecular complexity index is 222. The summed E-state index contributed by atoms with van der Waals surface area (Å²) in [5, 5.41) is 39.0. The standard InChI is InChI=1S/C9H20N2O7.3Na/c12-8-11(7-9(13)14)2-1-10(3-5-17-15)4-6-18-16;;;/h12,15-16H,1-8H2,(H,13,14);;;/q;3*+1/p-3. The molecule has 0 atom stereocenters. The molecule has 0 aliphatic rings. The number of carboxylic acid groups (broad SMARTS) is 1. The van der Waals surface area contributed by atoms with Crippen molar-refractivity contribution in [1.29, 1.82) is 0 Å². The first-order valence-corrected chi connectivity index (χ1v) is 5.39. The monoisotopic (exact) mass is 334 g/mol. The quantitative estimate of drug-likeness (QED) is 0.160. The van der Waals surface area contributed by atoms with Crippen molar-refractivity contribution < 1.29 is 124 Å². The van der Waals surface area contributed by atoms with Gasteiger partial charge in [-0.05, 0) is 0 Å². The Labute approximate surface area is 190 Å². The summed E-state index contributed by atoms with van der Waals surface area (Å²) in [6.45, 7) is 0.271. The van der Waals surface area contributed by atoms with Crippen molar-refractivity contribution >= 4 is 5.97 Å². The van der Waals surface area contributed by atoms with Crippen molar-refractivity contribution in [2.75, 3.05) is 52.7 Å². The van der Waals surface area contributed by atoms with Crippen LogP contribution in [0.1, 0.15) is 0 Å². The average Bonchev–Trinajstić information content (AvgIpc) is 2.35. The van der Waals surface area contributed by atoms with Gasteiger partial charge in [0.05, 0.1) is 12.7 Å². The fraction of sp³-hybridized carbons (Fsp3) is 0.889. The van der Waals surface area contributed by atoms with Gasteiger partial charge >= 0.3 is 88.7 Å². The van der Waals surface area contributed by atoms with Gasteiger partial charge in [0, 0.05) is 45.9 Å². The third kappa shape index (κ3) is 20.1. The van der Waals surface area contributed by atoms with Gasteiger partial charge in [-0.3, -0.25) is 9.80 Å². The Balaban J connectivity index is -0.000000482. The molecule has 0 saturated heterocycles. The molecule has 0 bridgehead atoms. The van der Waals surface area contributed by atoms with Gasteiger partial charge in [-0.25, -0.2) is 0 Å². The number of carbonyl (C=O) groups excluding carboxylic acids is 1. The van der Waals surface area contributed by atoms with E-state index in [2.05, 4.69) is 9.78 Å². The van der Waals surface area contributed by atoms with Crippen molar-refractivity contribution in [3.63, 3.8) is 0 Å². The largest absolute Gasteiger partial charge is 1.00 e. The summed E-state index contributed by atoms with van der Waals surface area (Å²) in [7, 11) is 0. The molecule has 0 aliphatic carbocycles. The normalized spacial score (nSPS) is 9.76. The van der Waals surface area contributed by atoms with E-state index in [0.29, 0.717) is 6.54 Å². The molecule has 108 valence electrons. The number of hydrogen-bond acceptors (Lipinski definition) is 9. The van der Waals surface area contributed by atoms with Gasteiger partial charge in [0.15, 0.2) is 0 Å². The van der Waals surface area contributed by atoms with E-state index in [1.165, 1.54) is 4.90 Å². The van der Waals surface area contributed by atoms with Crippen LogP contribution in [0.15, 0.2) is 0 Å². The van der Waals surface area contributed by atoms with Crippen molar-refractivity contribution in [2.24, 2.45) is 0 Å². The van der Waals surface area contributed by atoms with Crippen molar-refractivity contribution in [1.82, 2.24) is 9.80 Å². The summed E-state index contributed by atoms with van der Waals surface area (Å²) in [5.74, 6) is -1.29. The summed E-state index contributed by atoms with van der Waals surface area (Å²) >= 11 is 0. The van der Waals surface area contributed by atoms with E-state index < -0.39 is 12.7 Å². The zero-order chi connectivity index (χ0) is 13.8. The van der Waals surface area contributed by atoms with Gasteiger partial charge in [0.25, 0.3) is 0 Å². The number of aliphatic hydroxyl groups is 1. The number of hydrogen-bond donors (Lipinski definition) is 1. The number of carboxylic acids is 1. The first-order valence-electron chi connectivity index (χ1n) is 5.39. The molecule has 0 radical (unpaired) electrons.